The highest BCUT2D eigenvalue weighted by atomic mass is 32.2. The highest BCUT2D eigenvalue weighted by molar-refractivity contribution is 7.89. The lowest BCUT2D eigenvalue weighted by Crippen LogP contribution is -2.50. The fraction of sp³-hybridized carbons (Fsp3) is 0.619. The maximum absolute atomic E-state index is 12.2. The summed E-state index contributed by atoms with van der Waals surface area (Å²) in [7, 11) is -0.0340. The van der Waals surface area contributed by atoms with Crippen LogP contribution in [0.3, 0.4) is 0 Å². The smallest absolute Gasteiger partial charge is 0.214 e. The van der Waals surface area contributed by atoms with Crippen LogP contribution in [0.15, 0.2) is 18.5 Å². The van der Waals surface area contributed by atoms with E-state index in [1.54, 1.807) is 27.5 Å². The first-order chi connectivity index (χ1) is 14.7. The third kappa shape index (κ3) is 4.28. The lowest BCUT2D eigenvalue weighted by Gasteiger charge is -2.41. The monoisotopic (exact) mass is 450 g/mol. The predicted octanol–water partition coefficient (Wildman–Crippen LogP) is 1.65. The number of anilines is 1. The molecule has 2 fully saturated rings. The number of aliphatic hydroxyl groups is 1. The summed E-state index contributed by atoms with van der Waals surface area (Å²) >= 11 is 0. The molecular formula is C21H30N4O5S. The van der Waals surface area contributed by atoms with Crippen molar-refractivity contribution in [1.29, 1.82) is 0 Å². The number of hydrogen-bond acceptors (Lipinski definition) is 8. The van der Waals surface area contributed by atoms with Gasteiger partial charge in [0, 0.05) is 37.6 Å². The molecule has 2 aliphatic rings. The molecule has 4 rings (SSSR count). The van der Waals surface area contributed by atoms with Gasteiger partial charge < -0.3 is 19.5 Å². The molecule has 1 atom stereocenters. The van der Waals surface area contributed by atoms with Crippen molar-refractivity contribution in [2.24, 2.45) is 5.92 Å². The minimum Gasteiger partial charge on any atom is -0.493 e. The second-order valence-corrected chi connectivity index (χ2v) is 10.6. The van der Waals surface area contributed by atoms with Gasteiger partial charge in [0.1, 0.15) is 12.1 Å². The molecule has 0 spiro atoms. The molecule has 1 aromatic carbocycles. The van der Waals surface area contributed by atoms with Crippen LogP contribution in [0.25, 0.3) is 10.9 Å². The molecule has 9 nitrogen and oxygen atoms in total. The van der Waals surface area contributed by atoms with E-state index in [1.165, 1.54) is 4.31 Å². The molecule has 1 N–H and O–H groups in total. The van der Waals surface area contributed by atoms with E-state index in [4.69, 9.17) is 9.47 Å². The molecule has 2 aromatic rings. The van der Waals surface area contributed by atoms with Gasteiger partial charge >= 0.3 is 0 Å². The second-order valence-electron chi connectivity index (χ2n) is 8.54. The number of methoxy groups -OCH3 is 2. The highest BCUT2D eigenvalue weighted by Crippen LogP contribution is 2.37. The Balaban J connectivity index is 1.50. The normalized spacial score (nSPS) is 21.9. The van der Waals surface area contributed by atoms with Crippen LogP contribution in [-0.4, -0.2) is 79.6 Å². The molecule has 1 unspecified atom stereocenters. The third-order valence-electron chi connectivity index (χ3n) is 6.49. The number of hydrogen-bond donors (Lipinski definition) is 1. The van der Waals surface area contributed by atoms with E-state index in [9.17, 15) is 13.5 Å². The number of sulfonamides is 1. The topological polar surface area (TPSA) is 105 Å². The van der Waals surface area contributed by atoms with E-state index in [-0.39, 0.29) is 18.2 Å². The molecule has 10 heteroatoms. The zero-order valence-corrected chi connectivity index (χ0v) is 19.1. The molecule has 170 valence electrons. The Morgan fingerprint density at radius 1 is 1.13 bits per heavy atom. The maximum atomic E-state index is 12.2. The Morgan fingerprint density at radius 2 is 1.81 bits per heavy atom. The number of β-amino-alcohol motifs (C(OH)–C–C–N with tert-alkyl or cyclic N) is 1. The van der Waals surface area contributed by atoms with Crippen molar-refractivity contribution in [2.75, 3.05) is 51.1 Å². The summed E-state index contributed by atoms with van der Waals surface area (Å²) in [6.07, 6.45) is 3.68. The average molecular weight is 451 g/mol. The minimum atomic E-state index is -3.23. The first-order valence-corrected chi connectivity index (χ1v) is 12.2. The fourth-order valence-corrected chi connectivity index (χ4v) is 6.31. The summed E-state index contributed by atoms with van der Waals surface area (Å²) in [5.41, 5.74) is -0.288. The summed E-state index contributed by atoms with van der Waals surface area (Å²) in [5.74, 6) is 2.26. The highest BCUT2D eigenvalue weighted by Gasteiger charge is 2.40. The summed E-state index contributed by atoms with van der Waals surface area (Å²) in [6, 6.07) is 3.73. The number of fused-ring (bicyclic) bond motifs is 1. The van der Waals surface area contributed by atoms with E-state index in [0.717, 1.165) is 29.6 Å². The predicted molar refractivity (Wildman–Crippen MR) is 118 cm³/mol. The van der Waals surface area contributed by atoms with Gasteiger partial charge in [0.2, 0.25) is 10.0 Å². The number of ether oxygens (including phenoxy) is 2. The summed E-state index contributed by atoms with van der Waals surface area (Å²) in [4.78, 5) is 11.1. The molecule has 1 aromatic heterocycles. The Bertz CT molecular complexity index is 1050. The number of rotatable bonds is 6. The zero-order valence-electron chi connectivity index (χ0n) is 18.2. The fourth-order valence-electron chi connectivity index (χ4n) is 4.69. The number of piperidine rings is 1. The number of benzene rings is 1. The van der Waals surface area contributed by atoms with E-state index in [1.807, 2.05) is 12.1 Å². The molecule has 0 bridgehead atoms. The lowest BCUT2D eigenvalue weighted by molar-refractivity contribution is -0.0232. The summed E-state index contributed by atoms with van der Waals surface area (Å²) in [6.45, 7) is 3.85. The second kappa shape index (κ2) is 8.40. The maximum Gasteiger partial charge on any atom is 0.214 e. The van der Waals surface area contributed by atoms with Crippen LogP contribution in [0.4, 0.5) is 5.82 Å². The standard InChI is InChI=1S/C21H30N4O5S/c1-21(26,13-25-7-4-10-31(25,27)28)15-5-8-24(9-6-15)20-16-11-18(29-2)19(30-3)12-17(16)22-14-23-20/h11-12,14-15,26H,4-10,13H2,1-3H3. The summed E-state index contributed by atoms with van der Waals surface area (Å²) in [5, 5.41) is 12.0. The van der Waals surface area contributed by atoms with Crippen LogP contribution in [0, 0.1) is 5.92 Å². The van der Waals surface area contributed by atoms with Gasteiger partial charge in [-0.15, -0.1) is 0 Å². The van der Waals surface area contributed by atoms with Gasteiger partial charge in [0.05, 0.1) is 31.1 Å². The van der Waals surface area contributed by atoms with Crippen molar-refractivity contribution in [2.45, 2.75) is 31.8 Å². The van der Waals surface area contributed by atoms with Gasteiger partial charge in [0.15, 0.2) is 11.5 Å². The molecule has 0 radical (unpaired) electrons. The summed E-state index contributed by atoms with van der Waals surface area (Å²) < 4.78 is 36.6. The zero-order chi connectivity index (χ0) is 22.2. The van der Waals surface area contributed by atoms with E-state index < -0.39 is 15.6 Å². The van der Waals surface area contributed by atoms with Gasteiger partial charge in [-0.25, -0.2) is 18.4 Å². The number of nitrogens with zero attached hydrogens (tertiary/aromatic N) is 4. The van der Waals surface area contributed by atoms with Crippen LogP contribution in [0.2, 0.25) is 0 Å². The third-order valence-corrected chi connectivity index (χ3v) is 8.40. The molecule has 2 aliphatic heterocycles. The SMILES string of the molecule is COc1cc2ncnc(N3CCC(C(C)(O)CN4CCCS4(=O)=O)CC3)c2cc1OC. The van der Waals surface area contributed by atoms with Gasteiger partial charge in [0.25, 0.3) is 0 Å². The van der Waals surface area contributed by atoms with E-state index in [0.29, 0.717) is 37.6 Å². The largest absolute Gasteiger partial charge is 0.493 e. The Hall–Kier alpha value is -2.17. The molecule has 3 heterocycles. The van der Waals surface area contributed by atoms with Crippen LogP contribution < -0.4 is 14.4 Å². The van der Waals surface area contributed by atoms with Gasteiger partial charge in [-0.3, -0.25) is 0 Å². The molecule has 31 heavy (non-hydrogen) atoms. The minimum absolute atomic E-state index is 0.0160. The van der Waals surface area contributed by atoms with Crippen molar-refractivity contribution in [1.82, 2.24) is 14.3 Å². The van der Waals surface area contributed by atoms with Crippen LogP contribution in [-0.2, 0) is 10.0 Å². The first kappa shape index (κ1) is 22.0. The van der Waals surface area contributed by atoms with Crippen molar-refractivity contribution in [3.05, 3.63) is 18.5 Å². The van der Waals surface area contributed by atoms with Crippen LogP contribution in [0.5, 0.6) is 11.5 Å². The molecule has 0 aliphatic carbocycles. The van der Waals surface area contributed by atoms with Crippen molar-refractivity contribution in [3.63, 3.8) is 0 Å². The van der Waals surface area contributed by atoms with Crippen molar-refractivity contribution >= 4 is 26.7 Å². The lowest BCUT2D eigenvalue weighted by atomic mass is 9.81. The molecule has 2 saturated heterocycles. The average Bonchev–Trinajstić information content (AvgIpc) is 3.09. The van der Waals surface area contributed by atoms with Crippen molar-refractivity contribution in [3.8, 4) is 11.5 Å². The first-order valence-electron chi connectivity index (χ1n) is 10.6. The van der Waals surface area contributed by atoms with Gasteiger partial charge in [-0.05, 0) is 38.2 Å². The Morgan fingerprint density at radius 3 is 2.42 bits per heavy atom. The molecule has 0 amide bonds. The molecule has 0 saturated carbocycles. The Labute approximate surface area is 183 Å². The number of aromatic nitrogens is 2. The van der Waals surface area contributed by atoms with Gasteiger partial charge in [-0.2, -0.15) is 4.31 Å². The van der Waals surface area contributed by atoms with Crippen LogP contribution >= 0.6 is 0 Å². The van der Waals surface area contributed by atoms with E-state index in [2.05, 4.69) is 14.9 Å². The van der Waals surface area contributed by atoms with Crippen molar-refractivity contribution < 1.29 is 23.0 Å². The Kier molecular flexibility index (Phi) is 5.97. The molecular weight excluding hydrogens is 420 g/mol. The quantitative estimate of drug-likeness (QED) is 0.708. The van der Waals surface area contributed by atoms with E-state index >= 15 is 0 Å². The van der Waals surface area contributed by atoms with Crippen LogP contribution in [0.1, 0.15) is 26.2 Å². The van der Waals surface area contributed by atoms with Gasteiger partial charge in [-0.1, -0.05) is 0 Å².